The van der Waals surface area contributed by atoms with Gasteiger partial charge in [-0.05, 0) is 44.5 Å². The van der Waals surface area contributed by atoms with Crippen molar-refractivity contribution >= 4 is 0 Å². The van der Waals surface area contributed by atoms with Crippen molar-refractivity contribution in [2.75, 3.05) is 26.4 Å². The molecule has 2 spiro atoms. The van der Waals surface area contributed by atoms with Gasteiger partial charge in [-0.2, -0.15) is 0 Å². The Kier molecular flexibility index (Phi) is 20.2. The molecule has 3 aliphatic heterocycles. The van der Waals surface area contributed by atoms with E-state index in [1.54, 1.807) is 0 Å². The fraction of sp³-hybridized carbons (Fsp3) is 0.314. The average Bonchev–Trinajstić information content (AvgIpc) is 2.71. The normalized spacial score (nSPS) is 25.3. The Labute approximate surface area is 481 Å². The second-order valence-corrected chi connectivity index (χ2v) is 21.0. The van der Waals surface area contributed by atoms with E-state index in [-0.39, 0.29) is 66.1 Å². The lowest BCUT2D eigenvalue weighted by Gasteiger charge is -2.58. The number of hydrogen-bond acceptors (Lipinski definition) is 12. The summed E-state index contributed by atoms with van der Waals surface area (Å²) in [5.41, 5.74) is 7.86. The van der Waals surface area contributed by atoms with Gasteiger partial charge in [0, 0.05) is 0 Å². The van der Waals surface area contributed by atoms with Crippen LogP contribution >= 0.6 is 0 Å². The second kappa shape index (κ2) is 29.0. The highest BCUT2D eigenvalue weighted by molar-refractivity contribution is 5.21. The monoisotopic (exact) mass is 1100 g/mol. The number of ether oxygens (including phenoxy) is 12. The molecule has 82 heavy (non-hydrogen) atoms. The van der Waals surface area contributed by atoms with Gasteiger partial charge in [0.1, 0.15) is 62.0 Å². The average molecular weight is 1110 g/mol. The van der Waals surface area contributed by atoms with Gasteiger partial charge < -0.3 is 56.8 Å². The van der Waals surface area contributed by atoms with Crippen molar-refractivity contribution in [2.24, 2.45) is 0 Å². The molecule has 0 bridgehead atoms. The molecule has 3 heterocycles. The molecule has 0 radical (unpaired) electrons. The van der Waals surface area contributed by atoms with Gasteiger partial charge in [0.2, 0.25) is 11.6 Å². The summed E-state index contributed by atoms with van der Waals surface area (Å²) >= 11 is 0. The van der Waals surface area contributed by atoms with Gasteiger partial charge in [-0.3, -0.25) is 0 Å². The van der Waals surface area contributed by atoms with E-state index in [4.69, 9.17) is 56.8 Å². The molecule has 0 aromatic heterocycles. The summed E-state index contributed by atoms with van der Waals surface area (Å²) < 4.78 is 85.8. The molecule has 11 rings (SSSR count). The predicted octanol–water partition coefficient (Wildman–Crippen LogP) is 12.2. The minimum Gasteiger partial charge on any atom is -0.374 e. The van der Waals surface area contributed by atoms with E-state index in [1.165, 1.54) is 0 Å². The highest BCUT2D eigenvalue weighted by Gasteiger charge is 2.66. The van der Waals surface area contributed by atoms with Crippen molar-refractivity contribution < 1.29 is 56.8 Å². The zero-order valence-corrected chi connectivity index (χ0v) is 46.1. The van der Waals surface area contributed by atoms with Crippen LogP contribution in [0.2, 0.25) is 0 Å². The first-order chi connectivity index (χ1) is 40.6. The first-order valence-corrected chi connectivity index (χ1v) is 28.4. The lowest BCUT2D eigenvalue weighted by molar-refractivity contribution is -0.477. The van der Waals surface area contributed by atoms with E-state index in [0.29, 0.717) is 13.2 Å². The molecule has 8 aromatic rings. The van der Waals surface area contributed by atoms with Crippen LogP contribution in [0.5, 0.6) is 0 Å². The maximum atomic E-state index is 7.46. The molecule has 12 heteroatoms. The molecule has 3 aliphatic rings. The van der Waals surface area contributed by atoms with E-state index in [0.717, 1.165) is 44.5 Å². The topological polar surface area (TPSA) is 111 Å². The number of benzene rings is 8. The molecule has 3 saturated heterocycles. The minimum absolute atomic E-state index is 0.122. The van der Waals surface area contributed by atoms with Crippen LogP contribution in [0, 0.1) is 0 Å². The van der Waals surface area contributed by atoms with E-state index < -0.39 is 60.4 Å². The standard InChI is InChI=1S/C70H72O12/c1-9-25-53(26-10-1)41-71-49-61-63(73-43-55-29-13-3-14-30-55)65(75-45-57-33-17-5-18-34-57)67(77-47-59-37-21-7-22-38-59)69(81-61)51-80-70(52-79-69)68(78-48-60-39-23-8-24-40-60)66(76-46-58-35-19-6-20-36-58)64(74-44-56-31-15-4-16-32-56)62(82-70)50-72-42-54-27-11-2-12-28-54/h1-40,61-68H,41-52H2/t61-,62-,63-,64-,65+,66+,67+,68+,69+,70+/m1/s1. The van der Waals surface area contributed by atoms with Crippen LogP contribution in [0.3, 0.4) is 0 Å². The number of rotatable bonds is 26. The number of hydrogen-bond donors (Lipinski definition) is 0. The predicted molar refractivity (Wildman–Crippen MR) is 309 cm³/mol. The maximum absolute atomic E-state index is 7.46. The van der Waals surface area contributed by atoms with Crippen LogP contribution in [0.4, 0.5) is 0 Å². The molecule has 10 atom stereocenters. The lowest BCUT2D eigenvalue weighted by atomic mass is 9.88. The summed E-state index contributed by atoms with van der Waals surface area (Å²) in [5.74, 6) is -3.25. The van der Waals surface area contributed by atoms with E-state index in [2.05, 4.69) is 0 Å². The van der Waals surface area contributed by atoms with Gasteiger partial charge in [-0.25, -0.2) is 0 Å². The molecule has 0 aliphatic carbocycles. The first-order valence-electron chi connectivity index (χ1n) is 28.4. The van der Waals surface area contributed by atoms with E-state index in [9.17, 15) is 0 Å². The molecule has 0 unspecified atom stereocenters. The summed E-state index contributed by atoms with van der Waals surface area (Å²) in [6.07, 6.45) is -6.41. The Bertz CT molecular complexity index is 2840. The Morgan fingerprint density at radius 1 is 0.268 bits per heavy atom. The largest absolute Gasteiger partial charge is 0.374 e. The second-order valence-electron chi connectivity index (χ2n) is 21.0. The van der Waals surface area contributed by atoms with Gasteiger partial charge in [0.05, 0.1) is 66.1 Å². The highest BCUT2D eigenvalue weighted by atomic mass is 16.8. The Morgan fingerprint density at radius 2 is 0.488 bits per heavy atom. The minimum atomic E-state index is -1.62. The third kappa shape index (κ3) is 15.1. The highest BCUT2D eigenvalue weighted by Crippen LogP contribution is 2.46. The van der Waals surface area contributed by atoms with Crippen molar-refractivity contribution in [1.29, 1.82) is 0 Å². The lowest BCUT2D eigenvalue weighted by Crippen LogP contribution is -2.76. The Hall–Kier alpha value is -6.72. The quantitative estimate of drug-likeness (QED) is 0.0515. The molecule has 12 nitrogen and oxygen atoms in total. The maximum Gasteiger partial charge on any atom is 0.222 e. The smallest absolute Gasteiger partial charge is 0.222 e. The Balaban J connectivity index is 0.982. The van der Waals surface area contributed by atoms with Gasteiger partial charge in [-0.1, -0.05) is 243 Å². The van der Waals surface area contributed by atoms with Crippen molar-refractivity contribution in [3.63, 3.8) is 0 Å². The Morgan fingerprint density at radius 3 is 0.732 bits per heavy atom. The van der Waals surface area contributed by atoms with Crippen molar-refractivity contribution in [3.05, 3.63) is 287 Å². The fourth-order valence-corrected chi connectivity index (χ4v) is 10.8. The first kappa shape index (κ1) is 57.1. The zero-order chi connectivity index (χ0) is 55.5. The molecule has 0 N–H and O–H groups in total. The van der Waals surface area contributed by atoms with Gasteiger partial charge >= 0.3 is 0 Å². The van der Waals surface area contributed by atoms with Crippen LogP contribution in [0.25, 0.3) is 0 Å². The summed E-state index contributed by atoms with van der Waals surface area (Å²) in [6.45, 7) is 1.97. The third-order valence-corrected chi connectivity index (χ3v) is 15.1. The molecular formula is C70H72O12. The molecule has 0 saturated carbocycles. The molecule has 3 fully saturated rings. The van der Waals surface area contributed by atoms with E-state index >= 15 is 0 Å². The summed E-state index contributed by atoms with van der Waals surface area (Å²) in [5, 5.41) is 0. The van der Waals surface area contributed by atoms with Crippen LogP contribution < -0.4 is 0 Å². The van der Waals surface area contributed by atoms with Crippen molar-refractivity contribution in [3.8, 4) is 0 Å². The summed E-state index contributed by atoms with van der Waals surface area (Å²) in [7, 11) is 0. The van der Waals surface area contributed by atoms with Gasteiger partial charge in [-0.15, -0.1) is 0 Å². The molecule has 0 amide bonds. The molecule has 8 aromatic carbocycles. The van der Waals surface area contributed by atoms with E-state index in [1.807, 2.05) is 243 Å². The van der Waals surface area contributed by atoms with Gasteiger partial charge in [0.15, 0.2) is 0 Å². The SMILES string of the molecule is c1ccc(COC[C@H]2O[C@@]3(CO[C@@]4(CO3)O[C@H](COCc3ccccc3)[C@@H](OCc3ccccc3)[C@H](OCc3ccccc3)[C@@H]4OCc3ccccc3)[C@@H](OCc3ccccc3)[C@@H](OCc3ccccc3)[C@@H]2OCc2ccccc2)cc1. The molecule has 424 valence electrons. The van der Waals surface area contributed by atoms with Crippen LogP contribution in [0.1, 0.15) is 44.5 Å². The summed E-state index contributed by atoms with van der Waals surface area (Å²) in [6, 6.07) is 80.6. The summed E-state index contributed by atoms with van der Waals surface area (Å²) in [4.78, 5) is 0. The van der Waals surface area contributed by atoms with Gasteiger partial charge in [0.25, 0.3) is 0 Å². The zero-order valence-electron chi connectivity index (χ0n) is 46.1. The van der Waals surface area contributed by atoms with Crippen LogP contribution in [-0.4, -0.2) is 86.8 Å². The van der Waals surface area contributed by atoms with Crippen LogP contribution in [-0.2, 0) is 110 Å². The van der Waals surface area contributed by atoms with Crippen molar-refractivity contribution in [2.45, 2.75) is 113 Å². The van der Waals surface area contributed by atoms with Crippen molar-refractivity contribution in [1.82, 2.24) is 0 Å². The third-order valence-electron chi connectivity index (χ3n) is 15.1. The van der Waals surface area contributed by atoms with Crippen LogP contribution in [0.15, 0.2) is 243 Å². The molecular weight excluding hydrogens is 1030 g/mol. The fourth-order valence-electron chi connectivity index (χ4n) is 10.8.